The molecule has 0 spiro atoms. The van der Waals surface area contributed by atoms with Gasteiger partial charge in [0.1, 0.15) is 11.5 Å². The van der Waals surface area contributed by atoms with E-state index >= 15 is 0 Å². The van der Waals surface area contributed by atoms with E-state index in [9.17, 15) is 18.0 Å². The number of carboxylic acid groups (broad SMARTS) is 1. The predicted octanol–water partition coefficient (Wildman–Crippen LogP) is 4.05. The molecule has 1 aliphatic heterocycles. The van der Waals surface area contributed by atoms with Crippen molar-refractivity contribution < 1.29 is 32.5 Å². The van der Waals surface area contributed by atoms with Gasteiger partial charge >= 0.3 is 12.1 Å². The molecule has 0 aromatic heterocycles. The van der Waals surface area contributed by atoms with Crippen LogP contribution in [-0.4, -0.2) is 30.0 Å². The molecule has 1 N–H and O–H groups in total. The minimum Gasteiger partial charge on any atom is -0.493 e. The molecule has 1 atom stereocenters. The van der Waals surface area contributed by atoms with Gasteiger partial charge in [-0.15, -0.1) is 0 Å². The minimum atomic E-state index is -4.81. The number of hydrogen-bond donors (Lipinski definition) is 1. The molecule has 0 amide bonds. The number of ether oxygens (including phenoxy) is 2. The van der Waals surface area contributed by atoms with Crippen LogP contribution in [0.1, 0.15) is 31.7 Å². The zero-order valence-corrected chi connectivity index (χ0v) is 12.5. The Morgan fingerprint density at radius 3 is 2.70 bits per heavy atom. The first-order valence-electron chi connectivity index (χ1n) is 7.28. The fourth-order valence-electron chi connectivity index (χ4n) is 2.22. The molecule has 4 nitrogen and oxygen atoms in total. The second-order valence-electron chi connectivity index (χ2n) is 5.20. The monoisotopic (exact) mass is 330 g/mol. The Morgan fingerprint density at radius 2 is 2.09 bits per heavy atom. The molecule has 2 rings (SSSR count). The Labute approximate surface area is 131 Å². The summed E-state index contributed by atoms with van der Waals surface area (Å²) < 4.78 is 49.3. The van der Waals surface area contributed by atoms with Gasteiger partial charge in [-0.3, -0.25) is 0 Å². The molecule has 1 unspecified atom stereocenters. The Hall–Kier alpha value is -2.18. The molecule has 7 heteroatoms. The van der Waals surface area contributed by atoms with E-state index in [2.05, 4.69) is 6.92 Å². The topological polar surface area (TPSA) is 55.8 Å². The van der Waals surface area contributed by atoms with Crippen LogP contribution in [-0.2, 0) is 4.79 Å². The van der Waals surface area contributed by atoms with Crippen molar-refractivity contribution in [2.45, 2.75) is 38.5 Å². The van der Waals surface area contributed by atoms with E-state index in [1.807, 2.05) is 0 Å². The maximum absolute atomic E-state index is 13.0. The van der Waals surface area contributed by atoms with E-state index in [-0.39, 0.29) is 11.3 Å². The van der Waals surface area contributed by atoms with Gasteiger partial charge in [0.2, 0.25) is 6.10 Å². The van der Waals surface area contributed by atoms with Crippen molar-refractivity contribution in [1.82, 2.24) is 0 Å². The maximum Gasteiger partial charge on any atom is 0.430 e. The lowest BCUT2D eigenvalue weighted by Crippen LogP contribution is -2.40. The van der Waals surface area contributed by atoms with E-state index < -0.39 is 23.8 Å². The average Bonchev–Trinajstić information content (AvgIpc) is 2.49. The summed E-state index contributed by atoms with van der Waals surface area (Å²) in [4.78, 5) is 11.0. The van der Waals surface area contributed by atoms with Gasteiger partial charge in [-0.2, -0.15) is 13.2 Å². The molecule has 1 aromatic carbocycles. The minimum absolute atomic E-state index is 0.0367. The van der Waals surface area contributed by atoms with E-state index in [0.29, 0.717) is 12.4 Å². The summed E-state index contributed by atoms with van der Waals surface area (Å²) in [5.41, 5.74) is -0.551. The van der Waals surface area contributed by atoms with Gasteiger partial charge in [0, 0.05) is 11.6 Å². The highest BCUT2D eigenvalue weighted by Crippen LogP contribution is 2.38. The first-order valence-corrected chi connectivity index (χ1v) is 7.28. The third-order valence-corrected chi connectivity index (χ3v) is 3.38. The second kappa shape index (κ2) is 6.93. The molecule has 0 radical (unpaired) electrons. The Kier molecular flexibility index (Phi) is 5.18. The summed E-state index contributed by atoms with van der Waals surface area (Å²) in [5, 5.41) is 8.95. The number of alkyl halides is 3. The lowest BCUT2D eigenvalue weighted by Gasteiger charge is -2.27. The molecular weight excluding hydrogens is 313 g/mol. The summed E-state index contributed by atoms with van der Waals surface area (Å²) in [6, 6.07) is 4.42. The molecule has 0 aliphatic carbocycles. The van der Waals surface area contributed by atoms with Gasteiger partial charge in [-0.1, -0.05) is 19.8 Å². The quantitative estimate of drug-likeness (QED) is 0.800. The smallest absolute Gasteiger partial charge is 0.430 e. The van der Waals surface area contributed by atoms with Gasteiger partial charge in [-0.25, -0.2) is 4.79 Å². The highest BCUT2D eigenvalue weighted by Gasteiger charge is 2.48. The molecule has 0 bridgehead atoms. The van der Waals surface area contributed by atoms with Crippen LogP contribution >= 0.6 is 0 Å². The van der Waals surface area contributed by atoms with Crippen molar-refractivity contribution in [2.24, 2.45) is 0 Å². The third kappa shape index (κ3) is 4.18. The normalized spacial score (nSPS) is 17.0. The van der Waals surface area contributed by atoms with E-state index in [0.717, 1.165) is 25.3 Å². The number of unbranched alkanes of at least 4 members (excludes halogenated alkanes) is 2. The van der Waals surface area contributed by atoms with Crippen LogP contribution in [0.15, 0.2) is 23.8 Å². The number of carboxylic acids is 1. The zero-order valence-electron chi connectivity index (χ0n) is 12.5. The Bertz CT molecular complexity index is 608. The lowest BCUT2D eigenvalue weighted by atomic mass is 10.0. The summed E-state index contributed by atoms with van der Waals surface area (Å²) in [5.74, 6) is -1.30. The summed E-state index contributed by atoms with van der Waals surface area (Å²) >= 11 is 0. The molecule has 1 heterocycles. The number of carbonyl (C=O) groups is 1. The van der Waals surface area contributed by atoms with Crippen LogP contribution < -0.4 is 9.47 Å². The van der Waals surface area contributed by atoms with Gasteiger partial charge < -0.3 is 14.6 Å². The zero-order chi connectivity index (χ0) is 17.0. The number of aliphatic carboxylic acids is 1. The summed E-state index contributed by atoms with van der Waals surface area (Å²) in [7, 11) is 0. The largest absolute Gasteiger partial charge is 0.493 e. The number of halogens is 3. The fraction of sp³-hybridized carbons (Fsp3) is 0.438. The second-order valence-corrected chi connectivity index (χ2v) is 5.20. The average molecular weight is 330 g/mol. The van der Waals surface area contributed by atoms with Crippen LogP contribution in [0, 0.1) is 0 Å². The van der Waals surface area contributed by atoms with Crippen molar-refractivity contribution >= 4 is 12.0 Å². The molecule has 1 aliphatic rings. The van der Waals surface area contributed by atoms with Crippen molar-refractivity contribution in [1.29, 1.82) is 0 Å². The summed E-state index contributed by atoms with van der Waals surface area (Å²) in [6.07, 6.45) is -3.42. The van der Waals surface area contributed by atoms with E-state index in [1.54, 1.807) is 6.07 Å². The predicted molar refractivity (Wildman–Crippen MR) is 77.5 cm³/mol. The van der Waals surface area contributed by atoms with Crippen molar-refractivity contribution in [3.8, 4) is 11.5 Å². The van der Waals surface area contributed by atoms with Crippen LogP contribution in [0.5, 0.6) is 11.5 Å². The van der Waals surface area contributed by atoms with Crippen LogP contribution in [0.2, 0.25) is 0 Å². The third-order valence-electron chi connectivity index (χ3n) is 3.38. The molecule has 1 aromatic rings. The SMILES string of the molecule is CCCCCOc1ccc2c(c1)OC(C(F)(F)F)C(C(=O)O)=C2. The molecule has 23 heavy (non-hydrogen) atoms. The molecule has 126 valence electrons. The number of fused-ring (bicyclic) bond motifs is 1. The van der Waals surface area contributed by atoms with Gasteiger partial charge in [0.25, 0.3) is 0 Å². The lowest BCUT2D eigenvalue weighted by molar-refractivity contribution is -0.187. The van der Waals surface area contributed by atoms with Gasteiger partial charge in [0.15, 0.2) is 0 Å². The molecular formula is C16H17F3O4. The standard InChI is InChI=1S/C16H17F3O4/c1-2-3-4-7-22-11-6-5-10-8-12(15(20)21)14(16(17,18)19)23-13(10)9-11/h5-6,8-9,14H,2-4,7H2,1H3,(H,20,21). The van der Waals surface area contributed by atoms with Crippen LogP contribution in [0.25, 0.3) is 6.08 Å². The van der Waals surface area contributed by atoms with Crippen LogP contribution in [0.3, 0.4) is 0 Å². The number of benzene rings is 1. The van der Waals surface area contributed by atoms with Gasteiger partial charge in [-0.05, 0) is 24.6 Å². The fourth-order valence-corrected chi connectivity index (χ4v) is 2.22. The number of rotatable bonds is 6. The van der Waals surface area contributed by atoms with E-state index in [1.165, 1.54) is 12.1 Å². The molecule has 0 saturated carbocycles. The maximum atomic E-state index is 13.0. The molecule has 0 saturated heterocycles. The first kappa shape index (κ1) is 17.2. The van der Waals surface area contributed by atoms with Crippen molar-refractivity contribution in [2.75, 3.05) is 6.61 Å². The van der Waals surface area contributed by atoms with Crippen molar-refractivity contribution in [3.05, 3.63) is 29.3 Å². The number of hydrogen-bond acceptors (Lipinski definition) is 3. The Morgan fingerprint density at radius 1 is 1.35 bits per heavy atom. The first-order chi connectivity index (χ1) is 10.8. The van der Waals surface area contributed by atoms with Crippen LogP contribution in [0.4, 0.5) is 13.2 Å². The summed E-state index contributed by atoms with van der Waals surface area (Å²) in [6.45, 7) is 2.52. The van der Waals surface area contributed by atoms with Gasteiger partial charge in [0.05, 0.1) is 12.2 Å². The Balaban J connectivity index is 2.22. The molecule has 0 fully saturated rings. The highest BCUT2D eigenvalue weighted by atomic mass is 19.4. The highest BCUT2D eigenvalue weighted by molar-refractivity contribution is 5.95. The van der Waals surface area contributed by atoms with Crippen molar-refractivity contribution in [3.63, 3.8) is 0 Å². The van der Waals surface area contributed by atoms with E-state index in [4.69, 9.17) is 14.6 Å².